The van der Waals surface area contributed by atoms with Crippen LogP contribution in [0.5, 0.6) is 0 Å². The Morgan fingerprint density at radius 3 is 2.45 bits per heavy atom. The van der Waals surface area contributed by atoms with Gasteiger partial charge in [0.1, 0.15) is 11.0 Å². The molecule has 7 heteroatoms. The first-order valence-corrected chi connectivity index (χ1v) is 7.48. The van der Waals surface area contributed by atoms with E-state index in [-0.39, 0.29) is 30.7 Å². The van der Waals surface area contributed by atoms with E-state index in [1.165, 1.54) is 0 Å². The molecule has 1 amide bonds. The third-order valence-corrected chi connectivity index (χ3v) is 3.88. The number of aromatic nitrogens is 1. The number of nitrogens with one attached hydrogen (secondary N) is 1. The highest BCUT2D eigenvalue weighted by atomic mass is 35.5. The molecule has 1 atom stereocenters. The summed E-state index contributed by atoms with van der Waals surface area (Å²) in [5.41, 5.74) is 7.80. The molecule has 0 spiro atoms. The van der Waals surface area contributed by atoms with Gasteiger partial charge in [-0.15, -0.1) is 36.2 Å². The zero-order chi connectivity index (χ0) is 14.5. The molecule has 1 unspecified atom stereocenters. The second-order valence-electron chi connectivity index (χ2n) is 4.93. The predicted molar refractivity (Wildman–Crippen MR) is 95.9 cm³/mol. The number of thiazole rings is 1. The minimum Gasteiger partial charge on any atom is -0.348 e. The van der Waals surface area contributed by atoms with Crippen LogP contribution in [-0.2, 0) is 11.3 Å². The van der Waals surface area contributed by atoms with E-state index in [9.17, 15) is 4.79 Å². The zero-order valence-corrected chi connectivity index (χ0v) is 14.9. The van der Waals surface area contributed by atoms with Crippen molar-refractivity contribution < 1.29 is 4.79 Å². The molecule has 2 aromatic rings. The van der Waals surface area contributed by atoms with Crippen LogP contribution in [0.2, 0.25) is 0 Å². The van der Waals surface area contributed by atoms with E-state index in [4.69, 9.17) is 5.73 Å². The van der Waals surface area contributed by atoms with E-state index in [0.29, 0.717) is 12.5 Å². The molecule has 0 aliphatic rings. The Hall–Kier alpha value is -1.14. The number of nitrogens with two attached hydrogens (primary N) is 1. The van der Waals surface area contributed by atoms with Crippen molar-refractivity contribution >= 4 is 42.1 Å². The Kier molecular flexibility index (Phi) is 9.28. The summed E-state index contributed by atoms with van der Waals surface area (Å²) in [6, 6.07) is 8.71. The molecule has 1 heterocycles. The number of hydrogen-bond donors (Lipinski definition) is 2. The quantitative estimate of drug-likeness (QED) is 0.856. The van der Waals surface area contributed by atoms with Crippen LogP contribution in [0.25, 0.3) is 0 Å². The maximum atomic E-state index is 12.0. The first-order chi connectivity index (χ1) is 9.58. The van der Waals surface area contributed by atoms with Crippen molar-refractivity contribution in [2.75, 3.05) is 0 Å². The second kappa shape index (κ2) is 9.79. The third-order valence-electron chi connectivity index (χ3n) is 3.02. The van der Waals surface area contributed by atoms with Crippen LogP contribution >= 0.6 is 36.2 Å². The van der Waals surface area contributed by atoms with Crippen molar-refractivity contribution in [3.05, 3.63) is 52.0 Å². The normalized spacial score (nSPS) is 11.3. The maximum Gasteiger partial charge on any atom is 0.241 e. The van der Waals surface area contributed by atoms with Gasteiger partial charge in [0.15, 0.2) is 0 Å². The monoisotopic (exact) mass is 361 g/mol. The molecule has 0 saturated carbocycles. The molecule has 2 rings (SSSR count). The van der Waals surface area contributed by atoms with Gasteiger partial charge in [-0.05, 0) is 11.5 Å². The van der Waals surface area contributed by atoms with Crippen LogP contribution in [0.3, 0.4) is 0 Å². The summed E-state index contributed by atoms with van der Waals surface area (Å²) in [6.07, 6.45) is 0. The summed E-state index contributed by atoms with van der Waals surface area (Å²) < 4.78 is 0. The summed E-state index contributed by atoms with van der Waals surface area (Å²) in [7, 11) is 0. The Balaban J connectivity index is 0.00000220. The summed E-state index contributed by atoms with van der Waals surface area (Å²) in [5, 5.41) is 5.77. The summed E-state index contributed by atoms with van der Waals surface area (Å²) in [4.78, 5) is 16.5. The third kappa shape index (κ3) is 5.57. The molecule has 122 valence electrons. The van der Waals surface area contributed by atoms with Gasteiger partial charge in [0.05, 0.1) is 12.2 Å². The first kappa shape index (κ1) is 20.9. The Morgan fingerprint density at radius 2 is 1.91 bits per heavy atom. The standard InChI is InChI=1S/C15H19N3OS.2ClH/c1-10(2)12-9-20-13(18-12)8-17-15(19)14(16)11-6-4-3-5-7-11;;/h3-7,9-10,14H,8,16H2,1-2H3,(H,17,19);2*1H. The number of halogens is 2. The van der Waals surface area contributed by atoms with Gasteiger partial charge in [-0.25, -0.2) is 4.98 Å². The number of benzene rings is 1. The highest BCUT2D eigenvalue weighted by molar-refractivity contribution is 7.09. The highest BCUT2D eigenvalue weighted by Gasteiger charge is 2.15. The first-order valence-electron chi connectivity index (χ1n) is 6.60. The van der Waals surface area contributed by atoms with Crippen LogP contribution < -0.4 is 11.1 Å². The van der Waals surface area contributed by atoms with Gasteiger partial charge in [0, 0.05) is 5.38 Å². The Morgan fingerprint density at radius 1 is 1.27 bits per heavy atom. The number of carbonyl (C=O) groups is 1. The van der Waals surface area contributed by atoms with E-state index in [1.54, 1.807) is 11.3 Å². The van der Waals surface area contributed by atoms with Crippen LogP contribution in [0.15, 0.2) is 35.7 Å². The number of rotatable bonds is 5. The van der Waals surface area contributed by atoms with E-state index in [2.05, 4.69) is 24.1 Å². The van der Waals surface area contributed by atoms with Crippen molar-refractivity contribution in [1.82, 2.24) is 10.3 Å². The van der Waals surface area contributed by atoms with Crippen LogP contribution in [-0.4, -0.2) is 10.9 Å². The zero-order valence-electron chi connectivity index (χ0n) is 12.5. The van der Waals surface area contributed by atoms with Gasteiger partial charge in [-0.1, -0.05) is 44.2 Å². The highest BCUT2D eigenvalue weighted by Crippen LogP contribution is 2.17. The Labute approximate surface area is 147 Å². The fourth-order valence-electron chi connectivity index (χ4n) is 1.76. The maximum absolute atomic E-state index is 12.0. The second-order valence-corrected chi connectivity index (χ2v) is 5.87. The van der Waals surface area contributed by atoms with E-state index in [0.717, 1.165) is 16.3 Å². The van der Waals surface area contributed by atoms with Gasteiger partial charge in [0.2, 0.25) is 5.91 Å². The van der Waals surface area contributed by atoms with Crippen molar-refractivity contribution in [3.8, 4) is 0 Å². The number of hydrogen-bond acceptors (Lipinski definition) is 4. The molecule has 4 nitrogen and oxygen atoms in total. The topological polar surface area (TPSA) is 68.0 Å². The molecule has 0 bridgehead atoms. The van der Waals surface area contributed by atoms with Gasteiger partial charge in [0.25, 0.3) is 0 Å². The van der Waals surface area contributed by atoms with Gasteiger partial charge in [-0.2, -0.15) is 0 Å². The average Bonchev–Trinajstić information content (AvgIpc) is 2.94. The SMILES string of the molecule is CC(C)c1csc(CNC(=O)C(N)c2ccccc2)n1.Cl.Cl. The van der Waals surface area contributed by atoms with Crippen LogP contribution in [0, 0.1) is 0 Å². The minimum absolute atomic E-state index is 0. The average molecular weight is 362 g/mol. The number of carbonyl (C=O) groups excluding carboxylic acids is 1. The Bertz CT molecular complexity index is 575. The summed E-state index contributed by atoms with van der Waals surface area (Å²) in [5.74, 6) is 0.222. The number of amides is 1. The lowest BCUT2D eigenvalue weighted by molar-refractivity contribution is -0.122. The minimum atomic E-state index is -0.638. The largest absolute Gasteiger partial charge is 0.348 e. The molecular weight excluding hydrogens is 341 g/mol. The molecule has 22 heavy (non-hydrogen) atoms. The van der Waals surface area contributed by atoms with E-state index < -0.39 is 6.04 Å². The van der Waals surface area contributed by atoms with E-state index >= 15 is 0 Å². The predicted octanol–water partition coefficient (Wildman–Crippen LogP) is 3.43. The molecule has 0 aliphatic carbocycles. The van der Waals surface area contributed by atoms with Gasteiger partial charge in [-0.3, -0.25) is 4.79 Å². The van der Waals surface area contributed by atoms with Crippen molar-refractivity contribution in [3.63, 3.8) is 0 Å². The van der Waals surface area contributed by atoms with Crippen molar-refractivity contribution in [1.29, 1.82) is 0 Å². The lowest BCUT2D eigenvalue weighted by Gasteiger charge is -2.11. The van der Waals surface area contributed by atoms with E-state index in [1.807, 2.05) is 35.7 Å². The summed E-state index contributed by atoms with van der Waals surface area (Å²) >= 11 is 1.56. The molecule has 3 N–H and O–H groups in total. The van der Waals surface area contributed by atoms with Gasteiger partial charge < -0.3 is 11.1 Å². The van der Waals surface area contributed by atoms with Crippen molar-refractivity contribution in [2.45, 2.75) is 32.4 Å². The smallest absolute Gasteiger partial charge is 0.241 e. The lowest BCUT2D eigenvalue weighted by Crippen LogP contribution is -2.33. The molecule has 1 aromatic carbocycles. The fourth-order valence-corrected chi connectivity index (χ4v) is 2.65. The molecule has 1 aromatic heterocycles. The van der Waals surface area contributed by atoms with Gasteiger partial charge >= 0.3 is 0 Å². The number of nitrogens with zero attached hydrogens (tertiary/aromatic N) is 1. The molecular formula is C15H21Cl2N3OS. The summed E-state index contributed by atoms with van der Waals surface area (Å²) in [6.45, 7) is 4.63. The molecule has 0 radical (unpaired) electrons. The van der Waals surface area contributed by atoms with Crippen molar-refractivity contribution in [2.24, 2.45) is 5.73 Å². The lowest BCUT2D eigenvalue weighted by atomic mass is 10.1. The van der Waals surface area contributed by atoms with Crippen LogP contribution in [0.4, 0.5) is 0 Å². The van der Waals surface area contributed by atoms with Crippen LogP contribution in [0.1, 0.15) is 42.1 Å². The fraction of sp³-hybridized carbons (Fsp3) is 0.333. The molecule has 0 aliphatic heterocycles. The molecule has 0 fully saturated rings. The molecule has 0 saturated heterocycles.